The van der Waals surface area contributed by atoms with E-state index in [-0.39, 0.29) is 11.0 Å². The Labute approximate surface area is 152 Å². The highest BCUT2D eigenvalue weighted by Gasteiger charge is 2.11. The average molecular weight is 403 g/mol. The van der Waals surface area contributed by atoms with Crippen LogP contribution in [0.4, 0.5) is 11.4 Å². The highest BCUT2D eigenvalue weighted by atomic mass is 79.9. The molecular formula is C17H15BrN4OS. The second kappa shape index (κ2) is 6.70. The summed E-state index contributed by atoms with van der Waals surface area (Å²) in [5.41, 5.74) is 4.36. The van der Waals surface area contributed by atoms with Crippen LogP contribution in [0.1, 0.15) is 11.1 Å². The zero-order valence-electron chi connectivity index (χ0n) is 13.1. The number of nitrogens with zero attached hydrogens (tertiary/aromatic N) is 2. The van der Waals surface area contributed by atoms with Gasteiger partial charge in [-0.1, -0.05) is 22.0 Å². The highest BCUT2D eigenvalue weighted by Crippen LogP contribution is 2.36. The molecule has 0 amide bonds. The molecule has 0 aliphatic rings. The number of aromatic amines is 1. The Morgan fingerprint density at radius 2 is 1.96 bits per heavy atom. The van der Waals surface area contributed by atoms with Crippen LogP contribution in [0.25, 0.3) is 10.9 Å². The molecule has 0 bridgehead atoms. The van der Waals surface area contributed by atoms with Crippen LogP contribution in [0.2, 0.25) is 0 Å². The second-order valence-corrected chi connectivity index (χ2v) is 6.74. The Hall–Kier alpha value is -2.25. The minimum Gasteiger partial charge on any atom is -0.493 e. The molecular weight excluding hydrogens is 388 g/mol. The quantitative estimate of drug-likeness (QED) is 0.378. The molecule has 0 saturated carbocycles. The fourth-order valence-electron chi connectivity index (χ4n) is 2.30. The summed E-state index contributed by atoms with van der Waals surface area (Å²) < 4.78 is 0.890. The first kappa shape index (κ1) is 16.6. The van der Waals surface area contributed by atoms with Gasteiger partial charge in [0.15, 0.2) is 5.69 Å². The van der Waals surface area contributed by atoms with Crippen molar-refractivity contribution in [3.05, 3.63) is 52.0 Å². The molecule has 0 aliphatic carbocycles. The van der Waals surface area contributed by atoms with E-state index in [2.05, 4.69) is 43.4 Å². The van der Waals surface area contributed by atoms with Crippen LogP contribution in [-0.4, -0.2) is 15.2 Å². The third-order valence-electron chi connectivity index (χ3n) is 3.71. The van der Waals surface area contributed by atoms with Gasteiger partial charge in [-0.15, -0.1) is 10.2 Å². The van der Waals surface area contributed by atoms with Crippen molar-refractivity contribution in [2.75, 3.05) is 5.32 Å². The summed E-state index contributed by atoms with van der Waals surface area (Å²) >= 11 is 8.61. The molecule has 3 rings (SSSR count). The number of aromatic nitrogens is 1. The Morgan fingerprint density at radius 3 is 2.71 bits per heavy atom. The Bertz CT molecular complexity index is 965. The fraction of sp³-hybridized carbons (Fsp3) is 0.118. The number of fused-ring (bicyclic) bond motifs is 1. The Morgan fingerprint density at radius 1 is 1.17 bits per heavy atom. The zero-order valence-corrected chi connectivity index (χ0v) is 15.5. The normalized spacial score (nSPS) is 11.3. The molecule has 2 aromatic carbocycles. The van der Waals surface area contributed by atoms with Crippen molar-refractivity contribution in [1.29, 1.82) is 0 Å². The number of halogens is 1. The van der Waals surface area contributed by atoms with Crippen LogP contribution in [0.3, 0.4) is 0 Å². The van der Waals surface area contributed by atoms with Crippen molar-refractivity contribution in [2.24, 2.45) is 10.2 Å². The lowest BCUT2D eigenvalue weighted by Crippen LogP contribution is -2.05. The lowest BCUT2D eigenvalue weighted by molar-refractivity contribution is 0.459. The van der Waals surface area contributed by atoms with Crippen LogP contribution in [0, 0.1) is 13.8 Å². The highest BCUT2D eigenvalue weighted by molar-refractivity contribution is 9.10. The topological polar surface area (TPSA) is 72.8 Å². The van der Waals surface area contributed by atoms with Crippen LogP contribution in [0.15, 0.2) is 51.1 Å². The summed E-state index contributed by atoms with van der Waals surface area (Å²) in [7, 11) is 0. The number of aryl methyl sites for hydroxylation is 2. The van der Waals surface area contributed by atoms with Crippen molar-refractivity contribution in [2.45, 2.75) is 13.8 Å². The van der Waals surface area contributed by atoms with E-state index in [0.29, 0.717) is 5.69 Å². The minimum absolute atomic E-state index is 0.0409. The Balaban J connectivity index is 1.82. The molecule has 1 aromatic heterocycles. The van der Waals surface area contributed by atoms with E-state index in [1.54, 1.807) is 0 Å². The monoisotopic (exact) mass is 402 g/mol. The van der Waals surface area contributed by atoms with Gasteiger partial charge >= 0.3 is 0 Å². The van der Waals surface area contributed by atoms with E-state index in [9.17, 15) is 5.11 Å². The summed E-state index contributed by atoms with van der Waals surface area (Å²) in [5.74, 6) is -0.0409. The maximum absolute atomic E-state index is 10.0. The molecule has 5 nitrogen and oxygen atoms in total. The average Bonchev–Trinajstić information content (AvgIpc) is 2.84. The van der Waals surface area contributed by atoms with Crippen molar-refractivity contribution in [3.8, 4) is 5.88 Å². The first-order chi connectivity index (χ1) is 11.4. The number of azo groups is 1. The standard InChI is InChI=1S/C17H15BrN4OS/c1-9-3-5-12(7-10(9)2)19-17(24)22-21-15-13-8-11(18)4-6-14(13)20-16(15)23/h3-8,20,23H,1-2H3,(H,19,24). The molecule has 3 aromatic rings. The maximum Gasteiger partial charge on any atom is 0.218 e. The third-order valence-corrected chi connectivity index (χ3v) is 4.39. The van der Waals surface area contributed by atoms with Crippen molar-refractivity contribution in [1.82, 2.24) is 4.98 Å². The summed E-state index contributed by atoms with van der Waals surface area (Å²) in [6.07, 6.45) is 0. The molecule has 122 valence electrons. The largest absolute Gasteiger partial charge is 0.493 e. The minimum atomic E-state index is -0.0409. The lowest BCUT2D eigenvalue weighted by Gasteiger charge is -2.06. The molecule has 0 unspecified atom stereocenters. The molecule has 3 N–H and O–H groups in total. The number of hydrogen-bond acceptors (Lipinski definition) is 3. The predicted molar refractivity (Wildman–Crippen MR) is 104 cm³/mol. The maximum atomic E-state index is 10.0. The fourth-order valence-corrected chi connectivity index (χ4v) is 2.82. The number of H-pyrrole nitrogens is 1. The smallest absolute Gasteiger partial charge is 0.218 e. The summed E-state index contributed by atoms with van der Waals surface area (Å²) in [5, 5.41) is 22.1. The van der Waals surface area contributed by atoms with Gasteiger partial charge < -0.3 is 15.4 Å². The lowest BCUT2D eigenvalue weighted by atomic mass is 10.1. The van der Waals surface area contributed by atoms with E-state index in [0.717, 1.165) is 21.1 Å². The summed E-state index contributed by atoms with van der Waals surface area (Å²) in [6, 6.07) is 11.5. The van der Waals surface area contributed by atoms with Gasteiger partial charge in [0.05, 0.1) is 5.52 Å². The van der Waals surface area contributed by atoms with E-state index < -0.39 is 0 Å². The van der Waals surface area contributed by atoms with Crippen molar-refractivity contribution in [3.63, 3.8) is 0 Å². The number of nitrogens with one attached hydrogen (secondary N) is 2. The number of aromatic hydroxyl groups is 1. The molecule has 7 heteroatoms. The van der Waals surface area contributed by atoms with Gasteiger partial charge in [0.1, 0.15) is 0 Å². The molecule has 0 atom stereocenters. The van der Waals surface area contributed by atoms with Crippen molar-refractivity contribution >= 4 is 55.5 Å². The van der Waals surface area contributed by atoms with Gasteiger partial charge in [0, 0.05) is 15.5 Å². The number of anilines is 1. The molecule has 0 fully saturated rings. The SMILES string of the molecule is Cc1ccc(NC(=S)N=Nc2c(O)[nH]c3ccc(Br)cc23)cc1C. The van der Waals surface area contributed by atoms with Crippen LogP contribution >= 0.6 is 28.1 Å². The van der Waals surface area contributed by atoms with Gasteiger partial charge in [0.25, 0.3) is 0 Å². The molecule has 0 saturated heterocycles. The van der Waals surface area contributed by atoms with Crippen LogP contribution in [-0.2, 0) is 0 Å². The molecule has 24 heavy (non-hydrogen) atoms. The third kappa shape index (κ3) is 3.47. The van der Waals surface area contributed by atoms with E-state index in [1.807, 2.05) is 43.3 Å². The van der Waals surface area contributed by atoms with Gasteiger partial charge in [-0.3, -0.25) is 0 Å². The van der Waals surface area contributed by atoms with E-state index >= 15 is 0 Å². The second-order valence-electron chi connectivity index (χ2n) is 5.44. The first-order valence-corrected chi connectivity index (χ1v) is 8.44. The van der Waals surface area contributed by atoms with Gasteiger partial charge in [0.2, 0.25) is 11.0 Å². The molecule has 0 radical (unpaired) electrons. The summed E-state index contributed by atoms with van der Waals surface area (Å²) in [6.45, 7) is 4.09. The molecule has 1 heterocycles. The van der Waals surface area contributed by atoms with Gasteiger partial charge in [-0.25, -0.2) is 0 Å². The molecule has 0 aliphatic heterocycles. The van der Waals surface area contributed by atoms with Gasteiger partial charge in [-0.2, -0.15) is 0 Å². The van der Waals surface area contributed by atoms with Crippen molar-refractivity contribution < 1.29 is 5.11 Å². The van der Waals surface area contributed by atoms with E-state index in [4.69, 9.17) is 12.2 Å². The zero-order chi connectivity index (χ0) is 17.3. The molecule has 0 spiro atoms. The van der Waals surface area contributed by atoms with Crippen LogP contribution < -0.4 is 5.32 Å². The van der Waals surface area contributed by atoms with Gasteiger partial charge in [-0.05, 0) is 67.5 Å². The predicted octanol–water partition coefficient (Wildman–Crippen LogP) is 5.73. The summed E-state index contributed by atoms with van der Waals surface area (Å²) in [4.78, 5) is 2.86. The van der Waals surface area contributed by atoms with Crippen LogP contribution in [0.5, 0.6) is 5.88 Å². The number of rotatable bonds is 2. The number of hydrogen-bond donors (Lipinski definition) is 3. The number of benzene rings is 2. The Kier molecular flexibility index (Phi) is 4.64. The van der Waals surface area contributed by atoms with E-state index in [1.165, 1.54) is 11.1 Å². The number of thiocarbonyl (C=S) groups is 1. The first-order valence-electron chi connectivity index (χ1n) is 7.24.